The van der Waals surface area contributed by atoms with E-state index < -0.39 is 0 Å². The van der Waals surface area contributed by atoms with Gasteiger partial charge in [-0.25, -0.2) is 0 Å². The highest BCUT2D eigenvalue weighted by Gasteiger charge is 2.13. The molecule has 0 amide bonds. The first-order valence-corrected chi connectivity index (χ1v) is 8.07. The Labute approximate surface area is 121 Å². The van der Waals surface area contributed by atoms with E-state index in [1.807, 2.05) is 29.2 Å². The molecule has 0 fully saturated rings. The zero-order chi connectivity index (χ0) is 13.2. The highest BCUT2D eigenvalue weighted by Crippen LogP contribution is 2.44. The lowest BCUT2D eigenvalue weighted by atomic mass is 10.0. The summed E-state index contributed by atoms with van der Waals surface area (Å²) in [6.07, 6.45) is 2.13. The van der Waals surface area contributed by atoms with Crippen LogP contribution in [0.15, 0.2) is 52.7 Å². The minimum atomic E-state index is 0.918. The van der Waals surface area contributed by atoms with E-state index >= 15 is 0 Å². The standard InChI is InChI=1S/C16H14OS2/c1-17-12-8-9-13-14(10-12)19-16(18-2)15(13)11-6-4-3-5-7-11/h3-10H,1-2H3. The maximum absolute atomic E-state index is 5.31. The molecule has 0 radical (unpaired) electrons. The molecule has 0 atom stereocenters. The van der Waals surface area contributed by atoms with Gasteiger partial charge < -0.3 is 4.74 Å². The number of ether oxygens (including phenoxy) is 1. The second-order valence-electron chi connectivity index (χ2n) is 4.20. The molecule has 19 heavy (non-hydrogen) atoms. The van der Waals surface area contributed by atoms with Gasteiger partial charge >= 0.3 is 0 Å². The van der Waals surface area contributed by atoms with Crippen molar-refractivity contribution < 1.29 is 4.74 Å². The van der Waals surface area contributed by atoms with Gasteiger partial charge in [-0.3, -0.25) is 0 Å². The third-order valence-corrected chi connectivity index (χ3v) is 5.38. The van der Waals surface area contributed by atoms with Gasteiger partial charge in [0.2, 0.25) is 0 Å². The number of hydrogen-bond donors (Lipinski definition) is 0. The number of benzene rings is 2. The van der Waals surface area contributed by atoms with E-state index in [0.717, 1.165) is 5.75 Å². The lowest BCUT2D eigenvalue weighted by molar-refractivity contribution is 0.415. The molecule has 1 heterocycles. The van der Waals surface area contributed by atoms with Crippen LogP contribution in [0.1, 0.15) is 0 Å². The second kappa shape index (κ2) is 5.27. The van der Waals surface area contributed by atoms with Crippen LogP contribution in [-0.2, 0) is 0 Å². The number of rotatable bonds is 3. The summed E-state index contributed by atoms with van der Waals surface area (Å²) in [7, 11) is 1.71. The smallest absolute Gasteiger partial charge is 0.120 e. The normalized spacial score (nSPS) is 10.8. The fourth-order valence-electron chi connectivity index (χ4n) is 2.20. The molecule has 0 aliphatic rings. The Kier molecular flexibility index (Phi) is 3.49. The average Bonchev–Trinajstić information content (AvgIpc) is 2.85. The van der Waals surface area contributed by atoms with Crippen LogP contribution >= 0.6 is 23.1 Å². The van der Waals surface area contributed by atoms with Crippen LogP contribution < -0.4 is 4.74 Å². The molecule has 3 heteroatoms. The van der Waals surface area contributed by atoms with Crippen molar-refractivity contribution in [3.8, 4) is 16.9 Å². The van der Waals surface area contributed by atoms with Crippen molar-refractivity contribution >= 4 is 33.2 Å². The fourth-order valence-corrected chi connectivity index (χ4v) is 4.22. The molecule has 0 aliphatic carbocycles. The summed E-state index contributed by atoms with van der Waals surface area (Å²) >= 11 is 3.64. The van der Waals surface area contributed by atoms with Crippen molar-refractivity contribution in [3.05, 3.63) is 48.5 Å². The van der Waals surface area contributed by atoms with Crippen LogP contribution in [0.5, 0.6) is 5.75 Å². The molecule has 0 saturated heterocycles. The molecule has 0 bridgehead atoms. The highest BCUT2D eigenvalue weighted by molar-refractivity contribution is 8.00. The van der Waals surface area contributed by atoms with E-state index in [1.54, 1.807) is 7.11 Å². The Morgan fingerprint density at radius 3 is 2.53 bits per heavy atom. The molecule has 0 aliphatic heterocycles. The number of thiophene rings is 1. The van der Waals surface area contributed by atoms with Crippen molar-refractivity contribution in [1.82, 2.24) is 0 Å². The molecule has 0 N–H and O–H groups in total. The number of methoxy groups -OCH3 is 1. The van der Waals surface area contributed by atoms with E-state index in [2.05, 4.69) is 48.7 Å². The first-order chi connectivity index (χ1) is 9.33. The summed E-state index contributed by atoms with van der Waals surface area (Å²) in [6.45, 7) is 0. The van der Waals surface area contributed by atoms with E-state index in [0.29, 0.717) is 0 Å². The van der Waals surface area contributed by atoms with Gasteiger partial charge in [0.1, 0.15) is 5.75 Å². The van der Waals surface area contributed by atoms with Gasteiger partial charge in [-0.15, -0.1) is 23.1 Å². The summed E-state index contributed by atoms with van der Waals surface area (Å²) in [4.78, 5) is 0. The number of thioether (sulfide) groups is 1. The molecule has 1 nitrogen and oxygen atoms in total. The largest absolute Gasteiger partial charge is 0.497 e. The molecule has 3 rings (SSSR count). The third kappa shape index (κ3) is 2.24. The van der Waals surface area contributed by atoms with Gasteiger partial charge in [-0.05, 0) is 30.0 Å². The van der Waals surface area contributed by atoms with Crippen LogP contribution in [0.2, 0.25) is 0 Å². The zero-order valence-corrected chi connectivity index (χ0v) is 12.5. The van der Waals surface area contributed by atoms with Crippen LogP contribution in [0.3, 0.4) is 0 Å². The molecule has 0 spiro atoms. The molecule has 0 unspecified atom stereocenters. The number of hydrogen-bond acceptors (Lipinski definition) is 3. The Morgan fingerprint density at radius 2 is 1.84 bits per heavy atom. The lowest BCUT2D eigenvalue weighted by Gasteiger charge is -2.03. The summed E-state index contributed by atoms with van der Waals surface area (Å²) < 4.78 is 7.95. The number of fused-ring (bicyclic) bond motifs is 1. The predicted octanol–water partition coefficient (Wildman–Crippen LogP) is 5.30. The van der Waals surface area contributed by atoms with Crippen molar-refractivity contribution in [2.45, 2.75) is 4.21 Å². The predicted molar refractivity (Wildman–Crippen MR) is 85.6 cm³/mol. The van der Waals surface area contributed by atoms with Gasteiger partial charge in [0.15, 0.2) is 0 Å². The lowest BCUT2D eigenvalue weighted by Crippen LogP contribution is -1.81. The Morgan fingerprint density at radius 1 is 1.05 bits per heavy atom. The van der Waals surface area contributed by atoms with E-state index in [1.165, 1.54) is 25.4 Å². The van der Waals surface area contributed by atoms with E-state index in [-0.39, 0.29) is 0 Å². The topological polar surface area (TPSA) is 9.23 Å². The Bertz CT molecular complexity index is 701. The molecule has 2 aromatic carbocycles. The monoisotopic (exact) mass is 286 g/mol. The van der Waals surface area contributed by atoms with Crippen LogP contribution in [0.25, 0.3) is 21.2 Å². The second-order valence-corrected chi connectivity index (χ2v) is 6.32. The van der Waals surface area contributed by atoms with Crippen LogP contribution in [-0.4, -0.2) is 13.4 Å². The van der Waals surface area contributed by atoms with Crippen LogP contribution in [0, 0.1) is 0 Å². The summed E-state index contributed by atoms with van der Waals surface area (Å²) in [6, 6.07) is 16.9. The average molecular weight is 286 g/mol. The highest BCUT2D eigenvalue weighted by atomic mass is 32.2. The van der Waals surface area contributed by atoms with Gasteiger partial charge in [0.05, 0.1) is 11.3 Å². The van der Waals surface area contributed by atoms with E-state index in [9.17, 15) is 0 Å². The molecule has 0 saturated carbocycles. The van der Waals surface area contributed by atoms with Crippen molar-refractivity contribution in [3.63, 3.8) is 0 Å². The Hall–Kier alpha value is -1.45. The summed E-state index contributed by atoms with van der Waals surface area (Å²) in [5.41, 5.74) is 2.62. The van der Waals surface area contributed by atoms with Crippen molar-refractivity contribution in [1.29, 1.82) is 0 Å². The quantitative estimate of drug-likeness (QED) is 0.604. The summed E-state index contributed by atoms with van der Waals surface area (Å²) in [5, 5.41) is 1.31. The maximum atomic E-state index is 5.31. The molecule has 3 aromatic rings. The maximum Gasteiger partial charge on any atom is 0.120 e. The van der Waals surface area contributed by atoms with Crippen molar-refractivity contribution in [2.75, 3.05) is 13.4 Å². The van der Waals surface area contributed by atoms with Crippen molar-refractivity contribution in [2.24, 2.45) is 0 Å². The van der Waals surface area contributed by atoms with Gasteiger partial charge in [0, 0.05) is 15.6 Å². The zero-order valence-electron chi connectivity index (χ0n) is 10.8. The van der Waals surface area contributed by atoms with Gasteiger partial charge in [-0.2, -0.15) is 0 Å². The fraction of sp³-hybridized carbons (Fsp3) is 0.125. The molecular formula is C16H14OS2. The summed E-state index contributed by atoms with van der Waals surface area (Å²) in [5.74, 6) is 0.918. The van der Waals surface area contributed by atoms with Gasteiger partial charge in [-0.1, -0.05) is 30.3 Å². The molecule has 1 aromatic heterocycles. The SMILES string of the molecule is COc1ccc2c(-c3ccccc3)c(SC)sc2c1. The molecule has 96 valence electrons. The minimum Gasteiger partial charge on any atom is -0.497 e. The van der Waals surface area contributed by atoms with E-state index in [4.69, 9.17) is 4.74 Å². The third-order valence-electron chi connectivity index (χ3n) is 3.11. The Balaban J connectivity index is 2.28. The van der Waals surface area contributed by atoms with Gasteiger partial charge in [0.25, 0.3) is 0 Å². The first-order valence-electron chi connectivity index (χ1n) is 6.03. The first kappa shape index (κ1) is 12.6. The molecular weight excluding hydrogens is 272 g/mol. The minimum absolute atomic E-state index is 0.918. The van der Waals surface area contributed by atoms with Crippen LogP contribution in [0.4, 0.5) is 0 Å².